The Morgan fingerprint density at radius 3 is 2.40 bits per heavy atom. The monoisotopic (exact) mass is 216 g/mol. The van der Waals surface area contributed by atoms with E-state index in [4.69, 9.17) is 5.26 Å². The Labute approximate surface area is 81.7 Å². The molecule has 0 saturated heterocycles. The van der Waals surface area contributed by atoms with Gasteiger partial charge in [-0.2, -0.15) is 18.4 Å². The molecule has 0 aromatic heterocycles. The number of para-hydroxylation sites is 1. The molecule has 0 atom stereocenters. The van der Waals surface area contributed by atoms with Crippen LogP contribution < -0.4 is 0 Å². The van der Waals surface area contributed by atoms with E-state index in [9.17, 15) is 23.3 Å². The van der Waals surface area contributed by atoms with Crippen molar-refractivity contribution in [2.75, 3.05) is 0 Å². The fourth-order valence-electron chi connectivity index (χ4n) is 1.06. The summed E-state index contributed by atoms with van der Waals surface area (Å²) >= 11 is 0. The second kappa shape index (κ2) is 3.57. The van der Waals surface area contributed by atoms with Crippen LogP contribution in [0.5, 0.6) is 0 Å². The fourth-order valence-corrected chi connectivity index (χ4v) is 1.06. The van der Waals surface area contributed by atoms with Crippen molar-refractivity contribution >= 4 is 5.69 Å². The highest BCUT2D eigenvalue weighted by Crippen LogP contribution is 2.37. The molecule has 0 spiro atoms. The van der Waals surface area contributed by atoms with Crippen molar-refractivity contribution in [3.63, 3.8) is 0 Å². The van der Waals surface area contributed by atoms with Crippen LogP contribution in [0.3, 0.4) is 0 Å². The first-order chi connectivity index (χ1) is 6.88. The van der Waals surface area contributed by atoms with Crippen LogP contribution in [0.2, 0.25) is 0 Å². The molecule has 78 valence electrons. The molecule has 0 aliphatic rings. The van der Waals surface area contributed by atoms with Gasteiger partial charge < -0.3 is 0 Å². The van der Waals surface area contributed by atoms with Crippen LogP contribution in [0, 0.1) is 21.4 Å². The zero-order chi connectivity index (χ0) is 11.6. The predicted octanol–water partition coefficient (Wildman–Crippen LogP) is 2.49. The van der Waals surface area contributed by atoms with Gasteiger partial charge in [-0.3, -0.25) is 10.1 Å². The van der Waals surface area contributed by atoms with Crippen LogP contribution in [-0.2, 0) is 6.18 Å². The smallest absolute Gasteiger partial charge is 0.258 e. The lowest BCUT2D eigenvalue weighted by Gasteiger charge is -2.07. The first kappa shape index (κ1) is 11.0. The quantitative estimate of drug-likeness (QED) is 0.534. The third-order valence-electron chi connectivity index (χ3n) is 1.64. The van der Waals surface area contributed by atoms with Gasteiger partial charge in [0.05, 0.1) is 4.92 Å². The zero-order valence-electron chi connectivity index (χ0n) is 7.08. The normalized spacial score (nSPS) is 10.8. The number of nitriles is 1. The molecule has 0 fully saturated rings. The van der Waals surface area contributed by atoms with Gasteiger partial charge in [-0.05, 0) is 12.1 Å². The molecule has 7 heteroatoms. The molecule has 0 saturated carbocycles. The van der Waals surface area contributed by atoms with Gasteiger partial charge in [0.25, 0.3) is 5.69 Å². The summed E-state index contributed by atoms with van der Waals surface area (Å²) in [4.78, 5) is 9.20. The fraction of sp³-hybridized carbons (Fsp3) is 0.125. The van der Waals surface area contributed by atoms with Crippen LogP contribution in [0.25, 0.3) is 0 Å². The highest BCUT2D eigenvalue weighted by molar-refractivity contribution is 5.55. The minimum absolute atomic E-state index is 0.568. The molecule has 0 aliphatic carbocycles. The van der Waals surface area contributed by atoms with Crippen LogP contribution in [0.4, 0.5) is 18.9 Å². The van der Waals surface area contributed by atoms with Crippen LogP contribution >= 0.6 is 0 Å². The van der Waals surface area contributed by atoms with Gasteiger partial charge in [0.2, 0.25) is 0 Å². The average Bonchev–Trinajstić information content (AvgIpc) is 2.15. The molecule has 0 amide bonds. The van der Waals surface area contributed by atoms with E-state index in [1.807, 2.05) is 0 Å². The zero-order valence-corrected chi connectivity index (χ0v) is 7.08. The van der Waals surface area contributed by atoms with Crippen molar-refractivity contribution in [1.82, 2.24) is 0 Å². The molecular weight excluding hydrogens is 213 g/mol. The van der Waals surface area contributed by atoms with Crippen molar-refractivity contribution in [3.05, 3.63) is 39.4 Å². The van der Waals surface area contributed by atoms with E-state index in [-0.39, 0.29) is 0 Å². The summed E-state index contributed by atoms with van der Waals surface area (Å²) in [5.74, 6) is 0. The van der Waals surface area contributed by atoms with Crippen molar-refractivity contribution in [1.29, 1.82) is 5.26 Å². The second-order valence-electron chi connectivity index (χ2n) is 2.57. The number of nitro benzene ring substituents is 1. The molecule has 1 rings (SSSR count). The predicted molar refractivity (Wildman–Crippen MR) is 42.8 cm³/mol. The van der Waals surface area contributed by atoms with Crippen LogP contribution in [-0.4, -0.2) is 4.92 Å². The van der Waals surface area contributed by atoms with E-state index in [2.05, 4.69) is 0 Å². The number of hydrogen-bond acceptors (Lipinski definition) is 3. The molecule has 4 nitrogen and oxygen atoms in total. The molecule has 0 aliphatic heterocycles. The number of hydrogen-bond donors (Lipinski definition) is 0. The highest BCUT2D eigenvalue weighted by atomic mass is 19.4. The molecule has 1 aromatic rings. The van der Waals surface area contributed by atoms with Gasteiger partial charge in [0.1, 0.15) is 17.2 Å². The SMILES string of the molecule is N#Cc1cccc(C(F)(F)F)c1[N+](=O)[O-]. The van der Waals surface area contributed by atoms with Gasteiger partial charge in [0.15, 0.2) is 0 Å². The number of benzene rings is 1. The minimum atomic E-state index is -4.84. The van der Waals surface area contributed by atoms with E-state index < -0.39 is 27.9 Å². The van der Waals surface area contributed by atoms with E-state index in [0.717, 1.165) is 12.1 Å². The number of rotatable bonds is 1. The molecule has 0 N–H and O–H groups in total. The Hall–Kier alpha value is -2.10. The molecule has 0 radical (unpaired) electrons. The highest BCUT2D eigenvalue weighted by Gasteiger charge is 2.39. The first-order valence-corrected chi connectivity index (χ1v) is 3.62. The van der Waals surface area contributed by atoms with Gasteiger partial charge in [-0.25, -0.2) is 0 Å². The Balaban J connectivity index is 3.55. The maximum atomic E-state index is 12.3. The largest absolute Gasteiger partial charge is 0.423 e. The van der Waals surface area contributed by atoms with Crippen molar-refractivity contribution in [3.8, 4) is 6.07 Å². The molecule has 0 unspecified atom stereocenters. The summed E-state index contributed by atoms with van der Waals surface area (Å²) in [5.41, 5.74) is -3.21. The molecule has 15 heavy (non-hydrogen) atoms. The van der Waals surface area contributed by atoms with Gasteiger partial charge in [-0.1, -0.05) is 6.07 Å². The van der Waals surface area contributed by atoms with Crippen molar-refractivity contribution < 1.29 is 18.1 Å². The third kappa shape index (κ3) is 2.04. The number of alkyl halides is 3. The first-order valence-electron chi connectivity index (χ1n) is 3.62. The average molecular weight is 216 g/mol. The lowest BCUT2D eigenvalue weighted by molar-refractivity contribution is -0.388. The minimum Gasteiger partial charge on any atom is -0.258 e. The Bertz CT molecular complexity index is 448. The molecule has 1 aromatic carbocycles. The second-order valence-corrected chi connectivity index (χ2v) is 2.57. The summed E-state index contributed by atoms with van der Waals surface area (Å²) in [5, 5.41) is 18.8. The van der Waals surface area contributed by atoms with E-state index in [0.29, 0.717) is 6.07 Å². The summed E-state index contributed by atoms with van der Waals surface area (Å²) < 4.78 is 36.9. The Kier molecular flexibility index (Phi) is 2.61. The summed E-state index contributed by atoms with van der Waals surface area (Å²) in [6.45, 7) is 0. The van der Waals surface area contributed by atoms with Crippen molar-refractivity contribution in [2.45, 2.75) is 6.18 Å². The lowest BCUT2D eigenvalue weighted by atomic mass is 10.1. The Morgan fingerprint density at radius 2 is 2.00 bits per heavy atom. The molecule has 0 bridgehead atoms. The lowest BCUT2D eigenvalue weighted by Crippen LogP contribution is -2.09. The third-order valence-corrected chi connectivity index (χ3v) is 1.64. The maximum Gasteiger partial charge on any atom is 0.423 e. The van der Waals surface area contributed by atoms with Gasteiger partial charge >= 0.3 is 6.18 Å². The van der Waals surface area contributed by atoms with Gasteiger partial charge in [0, 0.05) is 0 Å². The van der Waals surface area contributed by atoms with Crippen LogP contribution in [0.1, 0.15) is 11.1 Å². The summed E-state index contributed by atoms with van der Waals surface area (Å²) in [6, 6.07) is 3.83. The van der Waals surface area contributed by atoms with E-state index in [1.54, 1.807) is 0 Å². The maximum absolute atomic E-state index is 12.3. The van der Waals surface area contributed by atoms with Crippen molar-refractivity contribution in [2.24, 2.45) is 0 Å². The molecule has 0 heterocycles. The number of halogens is 3. The van der Waals surface area contributed by atoms with E-state index in [1.165, 1.54) is 6.07 Å². The molecular formula is C8H3F3N2O2. The summed E-state index contributed by atoms with van der Waals surface area (Å²) in [7, 11) is 0. The van der Waals surface area contributed by atoms with Gasteiger partial charge in [-0.15, -0.1) is 0 Å². The Morgan fingerprint density at radius 1 is 1.40 bits per heavy atom. The van der Waals surface area contributed by atoms with Crippen LogP contribution in [0.15, 0.2) is 18.2 Å². The van der Waals surface area contributed by atoms with E-state index >= 15 is 0 Å². The number of nitro groups is 1. The number of nitrogens with zero attached hydrogens (tertiary/aromatic N) is 2. The summed E-state index contributed by atoms with van der Waals surface area (Å²) in [6.07, 6.45) is -4.84. The topological polar surface area (TPSA) is 66.9 Å². The standard InChI is InChI=1S/C8H3F3N2O2/c9-8(10,11)6-3-1-2-5(4-12)7(6)13(14)15/h1-3H.